The lowest BCUT2D eigenvalue weighted by atomic mass is 10.2. The molecular weight excluding hydrogens is 308 g/mol. The first-order valence-electron chi connectivity index (χ1n) is 7.69. The van der Waals surface area contributed by atoms with E-state index in [1.54, 1.807) is 24.8 Å². The molecule has 0 radical (unpaired) electrons. The van der Waals surface area contributed by atoms with Crippen molar-refractivity contribution in [3.63, 3.8) is 0 Å². The Morgan fingerprint density at radius 2 is 2.00 bits per heavy atom. The van der Waals surface area contributed by atoms with Gasteiger partial charge in [-0.15, -0.1) is 0 Å². The number of aryl methyl sites for hydroxylation is 2. The summed E-state index contributed by atoms with van der Waals surface area (Å²) < 4.78 is 7.07. The van der Waals surface area contributed by atoms with E-state index >= 15 is 0 Å². The molecule has 0 aliphatic carbocycles. The Kier molecular flexibility index (Phi) is 5.57. The Balaban J connectivity index is 2.08. The first-order valence-corrected chi connectivity index (χ1v) is 7.69. The summed E-state index contributed by atoms with van der Waals surface area (Å²) in [5, 5.41) is 6.83. The van der Waals surface area contributed by atoms with E-state index in [9.17, 15) is 9.59 Å². The maximum atomic E-state index is 12.3. The lowest BCUT2D eigenvalue weighted by Crippen LogP contribution is -2.27. The fraction of sp³-hybridized carbons (Fsp3) is 0.353. The molecule has 24 heavy (non-hydrogen) atoms. The Hall–Kier alpha value is -2.83. The van der Waals surface area contributed by atoms with Gasteiger partial charge in [-0.3, -0.25) is 14.3 Å². The number of rotatable bonds is 6. The third kappa shape index (κ3) is 3.92. The van der Waals surface area contributed by atoms with Gasteiger partial charge < -0.3 is 15.0 Å². The molecule has 0 saturated heterocycles. The van der Waals surface area contributed by atoms with E-state index in [1.165, 1.54) is 11.1 Å². The maximum absolute atomic E-state index is 12.3. The summed E-state index contributed by atoms with van der Waals surface area (Å²) in [6, 6.07) is 7.46. The van der Waals surface area contributed by atoms with Crippen molar-refractivity contribution in [2.45, 2.75) is 20.4 Å². The molecule has 2 rings (SSSR count). The van der Waals surface area contributed by atoms with Gasteiger partial charge in [0.25, 0.3) is 11.8 Å². The fourth-order valence-electron chi connectivity index (χ4n) is 2.20. The van der Waals surface area contributed by atoms with Gasteiger partial charge in [0.05, 0.1) is 11.9 Å². The van der Waals surface area contributed by atoms with Crippen LogP contribution in [0, 0.1) is 6.92 Å². The van der Waals surface area contributed by atoms with E-state index < -0.39 is 0 Å². The predicted octanol–water partition coefficient (Wildman–Crippen LogP) is 1.93. The van der Waals surface area contributed by atoms with Crippen LogP contribution in [0.3, 0.4) is 0 Å². The molecule has 0 saturated carbocycles. The number of ether oxygens (including phenoxy) is 1. The third-order valence-electron chi connectivity index (χ3n) is 3.47. The minimum absolute atomic E-state index is 0.141. The largest absolute Gasteiger partial charge is 0.483 e. The van der Waals surface area contributed by atoms with Crippen LogP contribution in [0.5, 0.6) is 5.75 Å². The zero-order valence-electron chi connectivity index (χ0n) is 14.4. The Morgan fingerprint density at radius 1 is 1.29 bits per heavy atom. The molecule has 1 aromatic carbocycles. The summed E-state index contributed by atoms with van der Waals surface area (Å²) in [7, 11) is 3.31. The summed E-state index contributed by atoms with van der Waals surface area (Å²) in [4.78, 5) is 25.9. The van der Waals surface area contributed by atoms with Crippen molar-refractivity contribution >= 4 is 17.5 Å². The van der Waals surface area contributed by atoms with E-state index in [-0.39, 0.29) is 18.4 Å². The zero-order chi connectivity index (χ0) is 17.7. The van der Waals surface area contributed by atoms with E-state index in [4.69, 9.17) is 4.74 Å². The zero-order valence-corrected chi connectivity index (χ0v) is 14.4. The molecule has 128 valence electrons. The summed E-state index contributed by atoms with van der Waals surface area (Å²) in [6.45, 7) is 4.18. The summed E-state index contributed by atoms with van der Waals surface area (Å²) >= 11 is 0. The van der Waals surface area contributed by atoms with Crippen molar-refractivity contribution in [3.05, 3.63) is 41.7 Å². The van der Waals surface area contributed by atoms with Crippen molar-refractivity contribution in [1.29, 1.82) is 0 Å². The highest BCUT2D eigenvalue weighted by molar-refractivity contribution is 6.02. The molecule has 1 heterocycles. The average molecular weight is 330 g/mol. The van der Waals surface area contributed by atoms with Gasteiger partial charge >= 0.3 is 0 Å². The second-order valence-corrected chi connectivity index (χ2v) is 5.52. The second-order valence-electron chi connectivity index (χ2n) is 5.52. The van der Waals surface area contributed by atoms with E-state index in [1.807, 2.05) is 32.0 Å². The van der Waals surface area contributed by atoms with Gasteiger partial charge in [-0.25, -0.2) is 0 Å². The van der Waals surface area contributed by atoms with Gasteiger partial charge in [-0.05, 0) is 25.5 Å². The topological polar surface area (TPSA) is 76.5 Å². The molecule has 7 heteroatoms. The fourth-order valence-corrected chi connectivity index (χ4v) is 2.20. The standard InChI is InChI=1S/C17H22N4O3/c1-5-21-16(17(23)20(3)4)13(10-18-21)19-15(22)11-24-14-9-7-6-8-12(14)2/h6-10H,5,11H2,1-4H3,(H,19,22). The van der Waals surface area contributed by atoms with Gasteiger partial charge in [0, 0.05) is 20.6 Å². The lowest BCUT2D eigenvalue weighted by molar-refractivity contribution is -0.118. The summed E-state index contributed by atoms with van der Waals surface area (Å²) in [5.74, 6) is 0.0904. The smallest absolute Gasteiger partial charge is 0.273 e. The number of carbonyl (C=O) groups is 2. The van der Waals surface area contributed by atoms with Crippen molar-refractivity contribution in [2.24, 2.45) is 0 Å². The molecule has 2 amide bonds. The number of anilines is 1. The highest BCUT2D eigenvalue weighted by Gasteiger charge is 2.21. The van der Waals surface area contributed by atoms with Crippen LogP contribution in [-0.4, -0.2) is 47.2 Å². The van der Waals surface area contributed by atoms with Crippen LogP contribution in [0.25, 0.3) is 0 Å². The Labute approximate surface area is 141 Å². The SMILES string of the molecule is CCn1ncc(NC(=O)COc2ccccc2C)c1C(=O)N(C)C. The number of nitrogens with one attached hydrogen (secondary N) is 1. The second kappa shape index (κ2) is 7.63. The summed E-state index contributed by atoms with van der Waals surface area (Å²) in [5.41, 5.74) is 1.69. The first-order chi connectivity index (χ1) is 11.4. The van der Waals surface area contributed by atoms with Crippen molar-refractivity contribution in [2.75, 3.05) is 26.0 Å². The van der Waals surface area contributed by atoms with Crippen LogP contribution < -0.4 is 10.1 Å². The molecule has 0 atom stereocenters. The highest BCUT2D eigenvalue weighted by atomic mass is 16.5. The highest BCUT2D eigenvalue weighted by Crippen LogP contribution is 2.18. The normalized spacial score (nSPS) is 10.3. The molecule has 1 N–H and O–H groups in total. The number of benzene rings is 1. The average Bonchev–Trinajstić information content (AvgIpc) is 2.95. The van der Waals surface area contributed by atoms with Crippen molar-refractivity contribution in [3.8, 4) is 5.75 Å². The molecule has 0 spiro atoms. The van der Waals surface area contributed by atoms with Gasteiger partial charge in [0.1, 0.15) is 11.4 Å². The minimum Gasteiger partial charge on any atom is -0.483 e. The predicted molar refractivity (Wildman–Crippen MR) is 91.2 cm³/mol. The molecule has 1 aromatic heterocycles. The van der Waals surface area contributed by atoms with Crippen molar-refractivity contribution in [1.82, 2.24) is 14.7 Å². The van der Waals surface area contributed by atoms with Gasteiger partial charge in [0.2, 0.25) is 0 Å². The first kappa shape index (κ1) is 17.5. The molecule has 0 fully saturated rings. The van der Waals surface area contributed by atoms with Crippen molar-refractivity contribution < 1.29 is 14.3 Å². The molecule has 2 aromatic rings. The molecule has 0 bridgehead atoms. The third-order valence-corrected chi connectivity index (χ3v) is 3.47. The monoisotopic (exact) mass is 330 g/mol. The van der Waals surface area contributed by atoms with Crippen LogP contribution in [0.1, 0.15) is 23.0 Å². The van der Waals surface area contributed by atoms with E-state index in [0.717, 1.165) is 5.56 Å². The molecule has 0 aliphatic heterocycles. The number of nitrogens with zero attached hydrogens (tertiary/aromatic N) is 3. The maximum Gasteiger partial charge on any atom is 0.273 e. The van der Waals surface area contributed by atoms with Crippen LogP contribution in [-0.2, 0) is 11.3 Å². The molecule has 7 nitrogen and oxygen atoms in total. The van der Waals surface area contributed by atoms with E-state index in [2.05, 4.69) is 10.4 Å². The van der Waals surface area contributed by atoms with Crippen LogP contribution in [0.4, 0.5) is 5.69 Å². The quantitative estimate of drug-likeness (QED) is 0.878. The van der Waals surface area contributed by atoms with E-state index in [0.29, 0.717) is 23.7 Å². The molecule has 0 unspecified atom stereocenters. The number of hydrogen-bond donors (Lipinski definition) is 1. The number of hydrogen-bond acceptors (Lipinski definition) is 4. The van der Waals surface area contributed by atoms with Gasteiger partial charge in [-0.2, -0.15) is 5.10 Å². The Bertz CT molecular complexity index is 737. The lowest BCUT2D eigenvalue weighted by Gasteiger charge is -2.14. The summed E-state index contributed by atoms with van der Waals surface area (Å²) in [6.07, 6.45) is 1.48. The van der Waals surface area contributed by atoms with Crippen LogP contribution in [0.15, 0.2) is 30.5 Å². The Morgan fingerprint density at radius 3 is 2.62 bits per heavy atom. The van der Waals surface area contributed by atoms with Gasteiger partial charge in [0.15, 0.2) is 6.61 Å². The molecular formula is C17H22N4O3. The number of carbonyl (C=O) groups excluding carboxylic acids is 2. The van der Waals surface area contributed by atoms with Crippen LogP contribution >= 0.6 is 0 Å². The number of aromatic nitrogens is 2. The number of amides is 2. The number of para-hydroxylation sites is 1. The van der Waals surface area contributed by atoms with Crippen LogP contribution in [0.2, 0.25) is 0 Å². The molecule has 0 aliphatic rings. The van der Waals surface area contributed by atoms with Gasteiger partial charge in [-0.1, -0.05) is 18.2 Å². The minimum atomic E-state index is -0.346.